The van der Waals surface area contributed by atoms with E-state index in [1.54, 1.807) is 12.5 Å². The molecule has 1 saturated heterocycles. The van der Waals surface area contributed by atoms with Gasteiger partial charge in [-0.3, -0.25) is 4.40 Å². The van der Waals surface area contributed by atoms with Crippen LogP contribution in [0.3, 0.4) is 0 Å². The molecule has 2 aromatic heterocycles. The normalized spacial score (nSPS) is 17.6. The van der Waals surface area contributed by atoms with E-state index in [4.69, 9.17) is 4.74 Å². The van der Waals surface area contributed by atoms with Gasteiger partial charge < -0.3 is 10.1 Å². The fourth-order valence-electron chi connectivity index (χ4n) is 2.04. The molecule has 0 amide bonds. The highest BCUT2D eigenvalue weighted by atomic mass is 16.5. The summed E-state index contributed by atoms with van der Waals surface area (Å²) in [4.78, 5) is 4.06. The number of piperidine rings is 1. The van der Waals surface area contributed by atoms with E-state index in [0.29, 0.717) is 12.7 Å². The molecule has 1 aliphatic heterocycles. The Kier molecular flexibility index (Phi) is 2.98. The van der Waals surface area contributed by atoms with Gasteiger partial charge in [0.05, 0.1) is 6.10 Å². The van der Waals surface area contributed by atoms with Gasteiger partial charge in [-0.25, -0.2) is 4.98 Å². The molecule has 0 aromatic carbocycles. The van der Waals surface area contributed by atoms with Crippen molar-refractivity contribution >= 4 is 5.65 Å². The van der Waals surface area contributed by atoms with Crippen LogP contribution in [-0.4, -0.2) is 38.8 Å². The van der Waals surface area contributed by atoms with Gasteiger partial charge in [0, 0.05) is 12.3 Å². The maximum Gasteiger partial charge on any atom is 0.164 e. The fourth-order valence-corrected chi connectivity index (χ4v) is 2.04. The van der Waals surface area contributed by atoms with Crippen LogP contribution in [-0.2, 0) is 11.3 Å². The molecule has 17 heavy (non-hydrogen) atoms. The lowest BCUT2D eigenvalue weighted by atomic mass is 10.1. The summed E-state index contributed by atoms with van der Waals surface area (Å²) in [6.07, 6.45) is 5.89. The minimum atomic E-state index is 0.334. The van der Waals surface area contributed by atoms with Crippen LogP contribution >= 0.6 is 0 Å². The maximum absolute atomic E-state index is 5.84. The van der Waals surface area contributed by atoms with Crippen LogP contribution < -0.4 is 5.32 Å². The van der Waals surface area contributed by atoms with Crippen molar-refractivity contribution < 1.29 is 4.74 Å². The molecular weight excluding hydrogens is 218 g/mol. The van der Waals surface area contributed by atoms with E-state index in [1.165, 1.54) is 0 Å². The largest absolute Gasteiger partial charge is 0.370 e. The fraction of sp³-hybridized carbons (Fsp3) is 0.545. The number of aromatic nitrogens is 4. The van der Waals surface area contributed by atoms with Crippen LogP contribution in [0, 0.1) is 0 Å². The molecule has 0 unspecified atom stereocenters. The van der Waals surface area contributed by atoms with Crippen LogP contribution in [0.2, 0.25) is 0 Å². The molecular formula is C11H15N5O. The second kappa shape index (κ2) is 4.77. The second-order valence-electron chi connectivity index (χ2n) is 4.19. The third-order valence-corrected chi connectivity index (χ3v) is 3.02. The number of hydrogen-bond acceptors (Lipinski definition) is 5. The zero-order chi connectivity index (χ0) is 11.5. The number of ether oxygens (including phenoxy) is 1. The zero-order valence-corrected chi connectivity index (χ0v) is 9.54. The molecule has 90 valence electrons. The average Bonchev–Trinajstić information content (AvgIpc) is 2.81. The lowest BCUT2D eigenvalue weighted by Gasteiger charge is -2.22. The number of fused-ring (bicyclic) bond motifs is 1. The van der Waals surface area contributed by atoms with Gasteiger partial charge in [-0.1, -0.05) is 0 Å². The molecule has 6 nitrogen and oxygen atoms in total. The average molecular weight is 233 g/mol. The molecule has 0 saturated carbocycles. The standard InChI is InChI=1S/C11H15N5O/c1-4-12-5-2-9(1)17-7-11-15-14-10-3-6-13-8-16(10)11/h3,6,8-9,12H,1-2,4-5,7H2. The monoisotopic (exact) mass is 233 g/mol. The lowest BCUT2D eigenvalue weighted by Crippen LogP contribution is -2.32. The first kappa shape index (κ1) is 10.6. The van der Waals surface area contributed by atoms with E-state index in [9.17, 15) is 0 Å². The number of nitrogens with one attached hydrogen (secondary N) is 1. The molecule has 3 rings (SSSR count). The summed E-state index contributed by atoms with van der Waals surface area (Å²) >= 11 is 0. The molecule has 2 aromatic rings. The van der Waals surface area contributed by atoms with E-state index in [0.717, 1.165) is 37.4 Å². The van der Waals surface area contributed by atoms with Crippen molar-refractivity contribution in [1.82, 2.24) is 24.9 Å². The first-order valence-electron chi connectivity index (χ1n) is 5.89. The van der Waals surface area contributed by atoms with Gasteiger partial charge in [0.2, 0.25) is 0 Å². The second-order valence-corrected chi connectivity index (χ2v) is 4.19. The SMILES string of the molecule is c1cc2nnc(COC3CCNCC3)n2cn1. The summed E-state index contributed by atoms with van der Waals surface area (Å²) in [5.41, 5.74) is 0.809. The van der Waals surface area contributed by atoms with Crippen LogP contribution in [0.25, 0.3) is 5.65 Å². The molecule has 1 N–H and O–H groups in total. The Hall–Kier alpha value is -1.53. The predicted octanol–water partition coefficient (Wildman–Crippen LogP) is 0.393. The van der Waals surface area contributed by atoms with Crippen LogP contribution in [0.4, 0.5) is 0 Å². The number of rotatable bonds is 3. The Balaban J connectivity index is 1.68. The van der Waals surface area contributed by atoms with E-state index < -0.39 is 0 Å². The molecule has 0 bridgehead atoms. The summed E-state index contributed by atoms with van der Waals surface area (Å²) in [7, 11) is 0. The quantitative estimate of drug-likeness (QED) is 0.831. The number of nitrogens with zero attached hydrogens (tertiary/aromatic N) is 4. The summed E-state index contributed by atoms with van der Waals surface area (Å²) in [5, 5.41) is 11.5. The first-order valence-corrected chi connectivity index (χ1v) is 5.89. The maximum atomic E-state index is 5.84. The van der Waals surface area contributed by atoms with E-state index in [-0.39, 0.29) is 0 Å². The van der Waals surface area contributed by atoms with Crippen molar-refractivity contribution in [3.8, 4) is 0 Å². The highest BCUT2D eigenvalue weighted by Crippen LogP contribution is 2.10. The Morgan fingerprint density at radius 3 is 3.12 bits per heavy atom. The van der Waals surface area contributed by atoms with Gasteiger partial charge in [0.25, 0.3) is 0 Å². The van der Waals surface area contributed by atoms with Crippen molar-refractivity contribution in [3.63, 3.8) is 0 Å². The summed E-state index contributed by atoms with van der Waals surface area (Å²) in [5.74, 6) is 0.812. The Morgan fingerprint density at radius 1 is 1.35 bits per heavy atom. The summed E-state index contributed by atoms with van der Waals surface area (Å²) < 4.78 is 7.71. The smallest absolute Gasteiger partial charge is 0.164 e. The summed E-state index contributed by atoms with van der Waals surface area (Å²) in [6, 6.07) is 1.83. The topological polar surface area (TPSA) is 64.3 Å². The van der Waals surface area contributed by atoms with Crippen molar-refractivity contribution in [2.24, 2.45) is 0 Å². The Bertz CT molecular complexity index is 491. The van der Waals surface area contributed by atoms with Gasteiger partial charge in [-0.2, -0.15) is 0 Å². The van der Waals surface area contributed by atoms with Gasteiger partial charge in [0.15, 0.2) is 11.5 Å². The molecule has 0 atom stereocenters. The molecule has 0 radical (unpaired) electrons. The first-order chi connectivity index (χ1) is 8.43. The van der Waals surface area contributed by atoms with Gasteiger partial charge >= 0.3 is 0 Å². The van der Waals surface area contributed by atoms with Crippen LogP contribution in [0.1, 0.15) is 18.7 Å². The molecule has 0 aliphatic carbocycles. The molecule has 1 fully saturated rings. The van der Waals surface area contributed by atoms with Crippen LogP contribution in [0.5, 0.6) is 0 Å². The third-order valence-electron chi connectivity index (χ3n) is 3.02. The van der Waals surface area contributed by atoms with E-state index in [1.807, 2.05) is 10.5 Å². The lowest BCUT2D eigenvalue weighted by molar-refractivity contribution is 0.0174. The minimum Gasteiger partial charge on any atom is -0.370 e. The summed E-state index contributed by atoms with van der Waals surface area (Å²) in [6.45, 7) is 2.57. The Morgan fingerprint density at radius 2 is 2.24 bits per heavy atom. The van der Waals surface area contributed by atoms with Crippen molar-refractivity contribution in [3.05, 3.63) is 24.4 Å². The molecule has 3 heterocycles. The van der Waals surface area contributed by atoms with Gasteiger partial charge in [-0.15, -0.1) is 10.2 Å². The van der Waals surface area contributed by atoms with Crippen molar-refractivity contribution in [2.45, 2.75) is 25.6 Å². The van der Waals surface area contributed by atoms with Crippen LogP contribution in [0.15, 0.2) is 18.6 Å². The molecule has 0 spiro atoms. The molecule has 6 heteroatoms. The van der Waals surface area contributed by atoms with Gasteiger partial charge in [-0.05, 0) is 25.9 Å². The zero-order valence-electron chi connectivity index (χ0n) is 9.54. The highest BCUT2D eigenvalue weighted by molar-refractivity contribution is 5.34. The third kappa shape index (κ3) is 2.27. The minimum absolute atomic E-state index is 0.334. The predicted molar refractivity (Wildman–Crippen MR) is 61.5 cm³/mol. The molecule has 1 aliphatic rings. The highest BCUT2D eigenvalue weighted by Gasteiger charge is 2.14. The van der Waals surface area contributed by atoms with Crippen molar-refractivity contribution in [1.29, 1.82) is 0 Å². The van der Waals surface area contributed by atoms with Crippen molar-refractivity contribution in [2.75, 3.05) is 13.1 Å². The number of hydrogen-bond donors (Lipinski definition) is 1. The van der Waals surface area contributed by atoms with E-state index in [2.05, 4.69) is 20.5 Å². The Labute approximate surface area is 99.0 Å². The van der Waals surface area contributed by atoms with Gasteiger partial charge in [0.1, 0.15) is 12.9 Å². The van der Waals surface area contributed by atoms with E-state index >= 15 is 0 Å².